The van der Waals surface area contributed by atoms with Gasteiger partial charge in [0.15, 0.2) is 0 Å². The Hall–Kier alpha value is -4.57. The maximum atomic E-state index is 10.3. The van der Waals surface area contributed by atoms with Crippen LogP contribution in [0.5, 0.6) is 0 Å². The van der Waals surface area contributed by atoms with Gasteiger partial charge in [-0.15, -0.1) is 0 Å². The van der Waals surface area contributed by atoms with E-state index < -0.39 is 5.97 Å². The minimum Gasteiger partial charge on any atom is -0.478 e. The molecule has 7 aromatic rings. The molecule has 0 saturated carbocycles. The summed E-state index contributed by atoms with van der Waals surface area (Å²) < 4.78 is 0.259. The van der Waals surface area contributed by atoms with Crippen LogP contribution in [0.1, 0.15) is 24.2 Å². The molecule has 0 unspecified atom stereocenters. The SMILES string of the molecule is CC(C)=O.O=C(O)c1ccc[nH]c1=S.[Sn+4].[Sn+4].[c]1ccccc1.[c]1ccccc1.[c]1ccccc1.[c]1ccccc1.[c]1ccccc1.[c]1ccccc1. The van der Waals surface area contributed by atoms with Crippen molar-refractivity contribution >= 4 is 71.8 Å². The number of hydrogen-bond acceptors (Lipinski definition) is 3. The molecule has 7 rings (SSSR count). The Bertz CT molecular complexity index is 1310. The molecule has 250 valence electrons. The van der Waals surface area contributed by atoms with Crippen molar-refractivity contribution in [2.24, 2.45) is 0 Å². The van der Waals surface area contributed by atoms with Crippen molar-refractivity contribution in [3.8, 4) is 0 Å². The van der Waals surface area contributed by atoms with Gasteiger partial charge in [0, 0.05) is 6.20 Å². The molecule has 52 heavy (non-hydrogen) atoms. The van der Waals surface area contributed by atoms with Crippen LogP contribution in [0.4, 0.5) is 0 Å². The van der Waals surface area contributed by atoms with E-state index in [2.05, 4.69) is 41.4 Å². The van der Waals surface area contributed by atoms with Gasteiger partial charge in [0.2, 0.25) is 0 Å². The number of aromatic carboxylic acids is 1. The van der Waals surface area contributed by atoms with E-state index in [0.29, 0.717) is 0 Å². The van der Waals surface area contributed by atoms with Crippen molar-refractivity contribution < 1.29 is 14.7 Å². The number of carboxylic acid groups (broad SMARTS) is 1. The molecule has 1 heterocycles. The Labute approximate surface area is 349 Å². The molecule has 0 saturated heterocycles. The molecule has 0 fully saturated rings. The van der Waals surface area contributed by atoms with Crippen LogP contribution in [-0.2, 0) is 4.79 Å². The summed E-state index contributed by atoms with van der Waals surface area (Å²) in [4.78, 5) is 22.4. The molecular weight excluding hydrogens is 872 g/mol. The van der Waals surface area contributed by atoms with Crippen LogP contribution in [0.3, 0.4) is 0 Å². The third-order valence-corrected chi connectivity index (χ3v) is 5.03. The summed E-state index contributed by atoms with van der Waals surface area (Å²) in [5.41, 5.74) is 0.137. The van der Waals surface area contributed by atoms with Crippen molar-refractivity contribution in [2.45, 2.75) is 13.8 Å². The summed E-state index contributed by atoms with van der Waals surface area (Å²) in [5.74, 6) is -0.832. The molecule has 0 amide bonds. The number of pyridine rings is 1. The monoisotopic (exact) mass is 915 g/mol. The van der Waals surface area contributed by atoms with Gasteiger partial charge >= 0.3 is 53.8 Å². The first-order valence-corrected chi connectivity index (χ1v) is 15.7. The second kappa shape index (κ2) is 42.6. The van der Waals surface area contributed by atoms with E-state index in [1.807, 2.05) is 182 Å². The Morgan fingerprint density at radius 2 is 0.673 bits per heavy atom. The minimum absolute atomic E-state index is 0. The summed E-state index contributed by atoms with van der Waals surface area (Å²) in [6, 6.07) is 78.1. The number of nitrogens with one attached hydrogen (secondary N) is 1. The Morgan fingerprint density at radius 3 is 0.769 bits per heavy atom. The Morgan fingerprint density at radius 1 is 0.462 bits per heavy atom. The molecule has 0 atom stereocenters. The average Bonchev–Trinajstić information content (AvgIpc) is 3.20. The van der Waals surface area contributed by atoms with Crippen molar-refractivity contribution in [1.82, 2.24) is 4.98 Å². The number of rotatable bonds is 1. The number of ketones is 1. The number of aromatic amines is 1. The fraction of sp³-hybridized carbons (Fsp3) is 0.0444. The van der Waals surface area contributed by atoms with Crippen LogP contribution < -0.4 is 0 Å². The quantitative estimate of drug-likeness (QED) is 0.127. The van der Waals surface area contributed by atoms with E-state index in [1.165, 1.54) is 19.9 Å². The van der Waals surface area contributed by atoms with Gasteiger partial charge in [-0.1, -0.05) is 194 Å². The van der Waals surface area contributed by atoms with Gasteiger partial charge in [-0.05, 0) is 62.4 Å². The van der Waals surface area contributed by atoms with Gasteiger partial charge < -0.3 is 14.9 Å². The number of benzene rings is 6. The first-order chi connectivity index (χ1) is 24.4. The summed E-state index contributed by atoms with van der Waals surface area (Å²) in [6.07, 6.45) is 1.59. The number of carbonyl (C=O) groups is 2. The molecule has 7 heteroatoms. The number of Topliss-reactive ketones (excluding diaryl/α,β-unsaturated/α-hetero) is 1. The van der Waals surface area contributed by atoms with Crippen LogP contribution in [0, 0.1) is 41.0 Å². The summed E-state index contributed by atoms with van der Waals surface area (Å²) >= 11 is 4.69. The molecule has 2 N–H and O–H groups in total. The van der Waals surface area contributed by atoms with Crippen LogP contribution in [0.2, 0.25) is 0 Å². The average molecular weight is 913 g/mol. The molecule has 1 aromatic heterocycles. The van der Waals surface area contributed by atoms with Crippen LogP contribution in [-0.4, -0.2) is 69.7 Å². The van der Waals surface area contributed by atoms with Crippen molar-refractivity contribution in [3.63, 3.8) is 0 Å². The van der Waals surface area contributed by atoms with E-state index in [4.69, 9.17) is 17.3 Å². The van der Waals surface area contributed by atoms with Gasteiger partial charge in [0.25, 0.3) is 0 Å². The van der Waals surface area contributed by atoms with Crippen molar-refractivity contribution in [2.75, 3.05) is 0 Å². The van der Waals surface area contributed by atoms with E-state index in [1.54, 1.807) is 12.3 Å². The van der Waals surface area contributed by atoms with Gasteiger partial charge in [0.1, 0.15) is 10.4 Å². The maximum Gasteiger partial charge on any atom is 4.00 e. The van der Waals surface area contributed by atoms with E-state index in [-0.39, 0.29) is 63.8 Å². The van der Waals surface area contributed by atoms with Gasteiger partial charge in [-0.25, -0.2) is 4.79 Å². The molecule has 6 aromatic carbocycles. The Balaban J connectivity index is -0.000000531. The molecule has 6 radical (unpaired) electrons. The molecule has 0 aliphatic rings. The zero-order valence-corrected chi connectivity index (χ0v) is 35.7. The second-order valence-electron chi connectivity index (χ2n) is 9.09. The first-order valence-electron chi connectivity index (χ1n) is 15.3. The van der Waals surface area contributed by atoms with Gasteiger partial charge in [-0.3, -0.25) is 0 Å². The molecule has 0 aliphatic heterocycles. The zero-order chi connectivity index (χ0) is 36.6. The summed E-state index contributed by atoms with van der Waals surface area (Å²) in [6.45, 7) is 3.06. The first kappa shape index (κ1) is 51.8. The second-order valence-corrected chi connectivity index (χ2v) is 9.50. The van der Waals surface area contributed by atoms with Gasteiger partial charge in [-0.2, -0.15) is 0 Å². The smallest absolute Gasteiger partial charge is 0.478 e. The topological polar surface area (TPSA) is 70.2 Å². The molecule has 0 aliphatic carbocycles. The standard InChI is InChI=1S/C6H5NO2S.6C6H5.C3H6O.2Sn/c8-6(9)4-2-1-3-7-5(4)10;6*1-2-4-6-5-3-1;1-3(2)4;;/h1-3H,(H,7,10)(H,8,9);6*1-5H;1-2H3;;/q;;;;;;;;2*+4. The molecule has 4 nitrogen and oxygen atoms in total. The number of hydrogen-bond donors (Lipinski definition) is 2. The molecule has 0 spiro atoms. The fourth-order valence-corrected chi connectivity index (χ4v) is 2.86. The van der Waals surface area contributed by atoms with Crippen LogP contribution in [0.15, 0.2) is 200 Å². The normalized spacial score (nSPS) is 7.81. The maximum absolute atomic E-state index is 10.3. The molecule has 0 bridgehead atoms. The third kappa shape index (κ3) is 41.6. The Kier molecular flexibility index (Phi) is 42.4. The van der Waals surface area contributed by atoms with Crippen LogP contribution in [0.25, 0.3) is 0 Å². The van der Waals surface area contributed by atoms with Crippen molar-refractivity contribution in [1.29, 1.82) is 0 Å². The summed E-state index contributed by atoms with van der Waals surface area (Å²) in [7, 11) is 0. The number of H-pyrrole nitrogens is 1. The predicted molar refractivity (Wildman–Crippen MR) is 218 cm³/mol. The number of aromatic nitrogens is 1. The predicted octanol–water partition coefficient (Wildman–Crippen LogP) is 10.2. The number of carbonyl (C=O) groups excluding carboxylic acids is 1. The minimum atomic E-state index is -0.998. The molecular formula is C45H41NO3SSn2+8. The summed E-state index contributed by atoms with van der Waals surface area (Å²) in [5, 5.41) is 8.48. The largest absolute Gasteiger partial charge is 4.00 e. The third-order valence-electron chi connectivity index (χ3n) is 4.69. The van der Waals surface area contributed by atoms with E-state index in [9.17, 15) is 9.59 Å². The van der Waals surface area contributed by atoms with Crippen LogP contribution >= 0.6 is 12.2 Å². The fourth-order valence-electron chi connectivity index (χ4n) is 2.64. The zero-order valence-electron chi connectivity index (χ0n) is 29.2. The van der Waals surface area contributed by atoms with E-state index in [0.717, 1.165) is 0 Å². The van der Waals surface area contributed by atoms with E-state index >= 15 is 0 Å². The van der Waals surface area contributed by atoms with Crippen molar-refractivity contribution in [3.05, 3.63) is 247 Å². The van der Waals surface area contributed by atoms with Gasteiger partial charge in [0.05, 0.1) is 5.56 Å². The number of carboxylic acids is 1.